The van der Waals surface area contributed by atoms with Gasteiger partial charge in [-0.05, 0) is 25.8 Å². The van der Waals surface area contributed by atoms with E-state index in [0.717, 1.165) is 37.3 Å². The van der Waals surface area contributed by atoms with Crippen LogP contribution in [0.2, 0.25) is 0 Å². The third kappa shape index (κ3) is 2.20. The van der Waals surface area contributed by atoms with Crippen molar-refractivity contribution < 1.29 is 4.74 Å². The molecule has 0 saturated carbocycles. The summed E-state index contributed by atoms with van der Waals surface area (Å²) in [4.78, 5) is 19.1. The van der Waals surface area contributed by atoms with Crippen molar-refractivity contribution >= 4 is 0 Å². The first-order chi connectivity index (χ1) is 8.76. The first-order valence-corrected chi connectivity index (χ1v) is 6.72. The Bertz CT molecular complexity index is 485. The molecule has 0 aliphatic carbocycles. The Balaban J connectivity index is 1.83. The van der Waals surface area contributed by atoms with Gasteiger partial charge in [-0.2, -0.15) is 0 Å². The van der Waals surface area contributed by atoms with Crippen LogP contribution >= 0.6 is 0 Å². The second-order valence-corrected chi connectivity index (χ2v) is 5.12. The summed E-state index contributed by atoms with van der Waals surface area (Å²) in [6, 6.07) is 1.57. The molecule has 0 amide bonds. The van der Waals surface area contributed by atoms with Crippen molar-refractivity contribution in [2.75, 3.05) is 6.54 Å². The van der Waals surface area contributed by atoms with E-state index in [4.69, 9.17) is 4.74 Å². The highest BCUT2D eigenvalue weighted by molar-refractivity contribution is 5.11. The standard InChI is InChI=1S/C13H19N3O2/c1-2-14-7-8-5-12(17)16-13(15-8)10-6-9-3-4-11(10)18-9/h5,9-11,14H,2-4,6-7H2,1H3,(H,15,16,17). The number of nitrogens with zero attached hydrogens (tertiary/aromatic N) is 1. The second kappa shape index (κ2) is 4.82. The fourth-order valence-corrected chi connectivity index (χ4v) is 2.97. The van der Waals surface area contributed by atoms with Crippen molar-refractivity contribution in [1.29, 1.82) is 0 Å². The first-order valence-electron chi connectivity index (χ1n) is 6.72. The van der Waals surface area contributed by atoms with Gasteiger partial charge in [-0.3, -0.25) is 4.79 Å². The quantitative estimate of drug-likeness (QED) is 0.832. The van der Waals surface area contributed by atoms with Crippen molar-refractivity contribution in [1.82, 2.24) is 15.3 Å². The van der Waals surface area contributed by atoms with E-state index >= 15 is 0 Å². The van der Waals surface area contributed by atoms with Crippen LogP contribution in [-0.2, 0) is 11.3 Å². The number of hydrogen-bond acceptors (Lipinski definition) is 4. The van der Waals surface area contributed by atoms with Gasteiger partial charge >= 0.3 is 0 Å². The highest BCUT2D eigenvalue weighted by Gasteiger charge is 2.42. The summed E-state index contributed by atoms with van der Waals surface area (Å²) < 4.78 is 5.82. The smallest absolute Gasteiger partial charge is 0.251 e. The van der Waals surface area contributed by atoms with Crippen molar-refractivity contribution in [2.45, 2.75) is 50.9 Å². The summed E-state index contributed by atoms with van der Waals surface area (Å²) in [7, 11) is 0. The molecule has 1 aromatic rings. The number of rotatable bonds is 4. The van der Waals surface area contributed by atoms with Gasteiger partial charge in [0.1, 0.15) is 5.82 Å². The first kappa shape index (κ1) is 11.9. The van der Waals surface area contributed by atoms with Crippen LogP contribution in [-0.4, -0.2) is 28.7 Å². The van der Waals surface area contributed by atoms with E-state index in [1.165, 1.54) is 0 Å². The lowest BCUT2D eigenvalue weighted by molar-refractivity contribution is 0.0998. The van der Waals surface area contributed by atoms with Gasteiger partial charge in [-0.15, -0.1) is 0 Å². The Hall–Kier alpha value is -1.20. The maximum absolute atomic E-state index is 11.7. The summed E-state index contributed by atoms with van der Waals surface area (Å²) in [6.07, 6.45) is 3.88. The molecule has 3 rings (SSSR count). The molecule has 2 aliphatic rings. The van der Waals surface area contributed by atoms with Crippen LogP contribution in [0.15, 0.2) is 10.9 Å². The number of H-pyrrole nitrogens is 1. The van der Waals surface area contributed by atoms with Crippen molar-refractivity contribution in [3.63, 3.8) is 0 Å². The molecule has 18 heavy (non-hydrogen) atoms. The molecule has 5 heteroatoms. The van der Waals surface area contributed by atoms with Gasteiger partial charge in [0.05, 0.1) is 17.9 Å². The predicted molar refractivity (Wildman–Crippen MR) is 67.5 cm³/mol. The zero-order chi connectivity index (χ0) is 12.5. The zero-order valence-corrected chi connectivity index (χ0v) is 10.6. The molecule has 0 aromatic carbocycles. The Kier molecular flexibility index (Phi) is 3.18. The minimum atomic E-state index is -0.0596. The molecule has 2 aliphatic heterocycles. The molecular weight excluding hydrogens is 230 g/mol. The van der Waals surface area contributed by atoms with Crippen LogP contribution < -0.4 is 10.9 Å². The van der Waals surface area contributed by atoms with Crippen molar-refractivity contribution in [3.8, 4) is 0 Å². The third-order valence-corrected chi connectivity index (χ3v) is 3.83. The minimum Gasteiger partial charge on any atom is -0.374 e. The lowest BCUT2D eigenvalue weighted by atomic mass is 9.88. The molecule has 1 aromatic heterocycles. The van der Waals surface area contributed by atoms with E-state index in [9.17, 15) is 4.79 Å². The molecule has 0 spiro atoms. The molecule has 5 nitrogen and oxygen atoms in total. The van der Waals surface area contributed by atoms with Gasteiger partial charge in [0.15, 0.2) is 0 Å². The van der Waals surface area contributed by atoms with Gasteiger partial charge in [0.2, 0.25) is 0 Å². The topological polar surface area (TPSA) is 67.0 Å². The maximum atomic E-state index is 11.7. The fraction of sp³-hybridized carbons (Fsp3) is 0.692. The number of hydrogen-bond donors (Lipinski definition) is 2. The van der Waals surface area contributed by atoms with Gasteiger partial charge in [-0.1, -0.05) is 6.92 Å². The van der Waals surface area contributed by atoms with E-state index in [-0.39, 0.29) is 17.6 Å². The summed E-state index contributed by atoms with van der Waals surface area (Å²) in [5, 5.41) is 3.20. The molecular formula is C13H19N3O2. The van der Waals surface area contributed by atoms with Crippen LogP contribution in [0.1, 0.15) is 43.6 Å². The van der Waals surface area contributed by atoms with Crippen molar-refractivity contribution in [2.24, 2.45) is 0 Å². The Morgan fingerprint density at radius 2 is 2.44 bits per heavy atom. The van der Waals surface area contributed by atoms with Crippen LogP contribution in [0.4, 0.5) is 0 Å². The minimum absolute atomic E-state index is 0.0596. The molecule has 2 N–H and O–H groups in total. The van der Waals surface area contributed by atoms with E-state index in [1.54, 1.807) is 6.07 Å². The normalized spacial score (nSPS) is 29.9. The maximum Gasteiger partial charge on any atom is 0.251 e. The number of aromatic amines is 1. The lowest BCUT2D eigenvalue weighted by Gasteiger charge is -2.18. The highest BCUT2D eigenvalue weighted by Crippen LogP contribution is 2.43. The van der Waals surface area contributed by atoms with E-state index < -0.39 is 0 Å². The van der Waals surface area contributed by atoms with Gasteiger partial charge < -0.3 is 15.0 Å². The molecule has 2 fully saturated rings. The summed E-state index contributed by atoms with van der Waals surface area (Å²) in [6.45, 7) is 3.56. The number of nitrogens with one attached hydrogen (secondary N) is 2. The van der Waals surface area contributed by atoms with Gasteiger partial charge in [0, 0.05) is 18.5 Å². The summed E-state index contributed by atoms with van der Waals surface area (Å²) >= 11 is 0. The molecule has 0 radical (unpaired) electrons. The second-order valence-electron chi connectivity index (χ2n) is 5.12. The molecule has 2 bridgehead atoms. The number of fused-ring (bicyclic) bond motifs is 2. The summed E-state index contributed by atoms with van der Waals surface area (Å²) in [5.41, 5.74) is 0.758. The molecule has 3 heterocycles. The van der Waals surface area contributed by atoms with Crippen LogP contribution in [0, 0.1) is 0 Å². The Labute approximate surface area is 106 Å². The monoisotopic (exact) mass is 249 g/mol. The molecule has 2 saturated heterocycles. The Morgan fingerprint density at radius 3 is 3.11 bits per heavy atom. The average Bonchev–Trinajstić information content (AvgIpc) is 2.98. The van der Waals surface area contributed by atoms with Crippen LogP contribution in [0.5, 0.6) is 0 Å². The largest absolute Gasteiger partial charge is 0.374 e. The average molecular weight is 249 g/mol. The number of aromatic nitrogens is 2. The number of ether oxygens (including phenoxy) is 1. The third-order valence-electron chi connectivity index (χ3n) is 3.83. The van der Waals surface area contributed by atoms with Gasteiger partial charge in [0.25, 0.3) is 5.56 Å². The molecule has 98 valence electrons. The van der Waals surface area contributed by atoms with Crippen LogP contribution in [0.25, 0.3) is 0 Å². The zero-order valence-electron chi connectivity index (χ0n) is 10.6. The van der Waals surface area contributed by atoms with E-state index in [1.807, 2.05) is 6.92 Å². The Morgan fingerprint density at radius 1 is 1.56 bits per heavy atom. The SMILES string of the molecule is CCNCc1cc(=O)[nH]c(C2CC3CCC2O3)n1. The van der Waals surface area contributed by atoms with E-state index in [2.05, 4.69) is 15.3 Å². The fourth-order valence-electron chi connectivity index (χ4n) is 2.97. The van der Waals surface area contributed by atoms with Gasteiger partial charge in [-0.25, -0.2) is 4.98 Å². The van der Waals surface area contributed by atoms with Crippen molar-refractivity contribution in [3.05, 3.63) is 27.9 Å². The predicted octanol–water partition coefficient (Wildman–Crippen LogP) is 0.914. The lowest BCUT2D eigenvalue weighted by Crippen LogP contribution is -2.23. The molecule has 3 unspecified atom stereocenters. The highest BCUT2D eigenvalue weighted by atomic mass is 16.5. The van der Waals surface area contributed by atoms with Crippen LogP contribution in [0.3, 0.4) is 0 Å². The summed E-state index contributed by atoms with van der Waals surface area (Å²) in [5.74, 6) is 1.08. The molecule has 3 atom stereocenters. The van der Waals surface area contributed by atoms with E-state index in [0.29, 0.717) is 12.6 Å².